The predicted octanol–water partition coefficient (Wildman–Crippen LogP) is 3.40. The third kappa shape index (κ3) is 8.16. The smallest absolute Gasteiger partial charge is 0.590 e. The number of thiol groups is 1. The van der Waals surface area contributed by atoms with E-state index in [-0.39, 0.29) is 22.2 Å². The van der Waals surface area contributed by atoms with Gasteiger partial charge in [-0.1, -0.05) is 30.3 Å². The summed E-state index contributed by atoms with van der Waals surface area (Å²) in [5.74, 6) is 0.770. The van der Waals surface area contributed by atoms with Crippen molar-refractivity contribution in [3.63, 3.8) is 0 Å². The Hall–Kier alpha value is -2.96. The molecule has 0 unspecified atom stereocenters. The van der Waals surface area contributed by atoms with Gasteiger partial charge in [0.15, 0.2) is 12.2 Å². The van der Waals surface area contributed by atoms with E-state index >= 15 is 0 Å². The van der Waals surface area contributed by atoms with Crippen molar-refractivity contribution in [2.75, 3.05) is 12.4 Å². The van der Waals surface area contributed by atoms with Crippen LogP contribution in [0.3, 0.4) is 0 Å². The molecular formula is C20H21N4NiO2S+3. The second-order valence-electron chi connectivity index (χ2n) is 5.11. The van der Waals surface area contributed by atoms with E-state index in [1.54, 1.807) is 30.6 Å². The Labute approximate surface area is 179 Å². The number of aromatic nitrogens is 1. The average Bonchev–Trinajstić information content (AvgIpc) is 2.72. The Morgan fingerprint density at radius 1 is 1.07 bits per heavy atom. The summed E-state index contributed by atoms with van der Waals surface area (Å²) in [7, 11) is 1.53. The van der Waals surface area contributed by atoms with Crippen molar-refractivity contribution in [3.8, 4) is 11.5 Å². The summed E-state index contributed by atoms with van der Waals surface area (Å²) >= 11 is 4.21. The molecule has 3 N–H and O–H groups in total. The van der Waals surface area contributed by atoms with Crippen LogP contribution in [0.15, 0.2) is 84.2 Å². The molecule has 1 aromatic heterocycles. The minimum absolute atomic E-state index is 0. The summed E-state index contributed by atoms with van der Waals surface area (Å²) in [6.45, 7) is 0. The Morgan fingerprint density at radius 3 is 2.32 bits per heavy atom. The second kappa shape index (κ2) is 13.2. The van der Waals surface area contributed by atoms with Crippen LogP contribution in [0.1, 0.15) is 5.56 Å². The van der Waals surface area contributed by atoms with Crippen LogP contribution >= 0.6 is 0 Å². The molecular weight excluding hydrogens is 419 g/mol. The number of hydrogen-bond acceptors (Lipinski definition) is 3. The summed E-state index contributed by atoms with van der Waals surface area (Å²) in [6, 6.07) is 20.6. The number of nitrogens with zero attached hydrogens (tertiary/aromatic N) is 3. The molecule has 0 aliphatic heterocycles. The molecule has 0 saturated heterocycles. The van der Waals surface area contributed by atoms with Gasteiger partial charge in [0, 0.05) is 24.3 Å². The third-order valence-corrected chi connectivity index (χ3v) is 3.43. The predicted molar refractivity (Wildman–Crippen MR) is 115 cm³/mol. The number of pyridine rings is 1. The van der Waals surface area contributed by atoms with Crippen molar-refractivity contribution in [1.29, 1.82) is 0 Å². The first kappa shape index (κ1) is 23.1. The second-order valence-corrected chi connectivity index (χ2v) is 5.53. The molecule has 3 aromatic rings. The molecule has 3 rings (SSSR count). The molecule has 0 amide bonds. The van der Waals surface area contributed by atoms with Gasteiger partial charge in [-0.2, -0.15) is 0 Å². The van der Waals surface area contributed by atoms with E-state index in [2.05, 4.69) is 33.0 Å². The van der Waals surface area contributed by atoms with E-state index in [0.29, 0.717) is 16.4 Å². The molecule has 0 bridgehead atoms. The first-order valence-electron chi connectivity index (χ1n) is 8.06. The Bertz CT molecular complexity index is 838. The van der Waals surface area contributed by atoms with Gasteiger partial charge in [-0.3, -0.25) is 4.98 Å². The maximum Gasteiger partial charge on any atom is 2.00 e. The number of benzene rings is 2. The topological polar surface area (TPSA) is 83.5 Å². The zero-order valence-corrected chi connectivity index (χ0v) is 17.0. The molecule has 0 fully saturated rings. The molecule has 0 aliphatic rings. The van der Waals surface area contributed by atoms with E-state index in [4.69, 9.17) is 9.84 Å². The fourth-order valence-corrected chi connectivity index (χ4v) is 2.14. The van der Waals surface area contributed by atoms with E-state index in [1.165, 1.54) is 13.3 Å². The number of para-hydroxylation sites is 2. The molecule has 28 heavy (non-hydrogen) atoms. The molecule has 0 spiro atoms. The van der Waals surface area contributed by atoms with Gasteiger partial charge in [0.1, 0.15) is 0 Å². The third-order valence-electron chi connectivity index (χ3n) is 3.22. The fourth-order valence-electron chi connectivity index (χ4n) is 1.96. The van der Waals surface area contributed by atoms with Gasteiger partial charge in [0.25, 0.3) is 0 Å². The van der Waals surface area contributed by atoms with Crippen molar-refractivity contribution < 1.29 is 26.3 Å². The minimum Gasteiger partial charge on any atom is -0.590 e. The Kier molecular flexibility index (Phi) is 10.9. The first-order valence-corrected chi connectivity index (χ1v) is 8.51. The van der Waals surface area contributed by atoms with E-state index in [0.717, 1.165) is 5.69 Å². The molecule has 0 saturated carbocycles. The number of anilines is 1. The van der Waals surface area contributed by atoms with Gasteiger partial charge < -0.3 is 25.7 Å². The van der Waals surface area contributed by atoms with Gasteiger partial charge in [-0.25, -0.2) is 0 Å². The van der Waals surface area contributed by atoms with E-state index in [1.807, 2.05) is 48.5 Å². The maximum atomic E-state index is 7.91. The van der Waals surface area contributed by atoms with Crippen molar-refractivity contribution in [1.82, 2.24) is 4.98 Å². The zero-order chi connectivity index (χ0) is 19.3. The molecule has 0 aliphatic carbocycles. The molecule has 1 heterocycles. The molecule has 0 atom stereocenters. The Morgan fingerprint density at radius 2 is 1.75 bits per heavy atom. The SMILES string of the molecule is COc1cccc(C=N[N-]C(=[SH+])Nc2ccccc2)c1[OH2+].[Ni+2].c1ccncc1. The molecule has 6 nitrogen and oxygen atoms in total. The molecule has 8 heteroatoms. The zero-order valence-electron chi connectivity index (χ0n) is 15.1. The van der Waals surface area contributed by atoms with Crippen LogP contribution in [-0.4, -0.2) is 28.5 Å². The van der Waals surface area contributed by atoms with E-state index < -0.39 is 0 Å². The maximum absolute atomic E-state index is 7.91. The minimum atomic E-state index is 0. The van der Waals surface area contributed by atoms with Gasteiger partial charge in [0.2, 0.25) is 10.9 Å². The monoisotopic (exact) mass is 439 g/mol. The van der Waals surface area contributed by atoms with Crippen LogP contribution in [-0.2, 0) is 28.7 Å². The Balaban J connectivity index is 0.000000478. The van der Waals surface area contributed by atoms with Crippen LogP contribution in [0.4, 0.5) is 5.69 Å². The molecule has 146 valence electrons. The number of methoxy groups -OCH3 is 1. The summed E-state index contributed by atoms with van der Waals surface area (Å²) in [5.41, 5.74) is 5.43. The van der Waals surface area contributed by atoms with Crippen molar-refractivity contribution in [2.45, 2.75) is 0 Å². The number of hydrogen-bond donors (Lipinski definition) is 1. The van der Waals surface area contributed by atoms with Gasteiger partial charge in [-0.15, -0.1) is 0 Å². The van der Waals surface area contributed by atoms with Crippen LogP contribution in [0.5, 0.6) is 11.5 Å². The molecule has 2 aromatic carbocycles. The first-order chi connectivity index (χ1) is 13.2. The van der Waals surface area contributed by atoms with E-state index in [9.17, 15) is 0 Å². The quantitative estimate of drug-likeness (QED) is 0.169. The normalized spacial score (nSPS) is 9.46. The number of ether oxygens (including phenoxy) is 1. The van der Waals surface area contributed by atoms with Crippen LogP contribution in [0.25, 0.3) is 5.43 Å². The fraction of sp³-hybridized carbons (Fsp3) is 0.0500. The van der Waals surface area contributed by atoms with Crippen molar-refractivity contribution >= 4 is 29.2 Å². The van der Waals surface area contributed by atoms with Crippen LogP contribution in [0.2, 0.25) is 0 Å². The summed E-state index contributed by atoms with van der Waals surface area (Å²) in [4.78, 5) is 3.78. The van der Waals surface area contributed by atoms with Crippen molar-refractivity contribution in [3.05, 3.63) is 90.1 Å². The summed E-state index contributed by atoms with van der Waals surface area (Å²) in [5, 5.41) is 15.2. The summed E-state index contributed by atoms with van der Waals surface area (Å²) < 4.78 is 5.08. The van der Waals surface area contributed by atoms with Gasteiger partial charge in [-0.05, 0) is 36.4 Å². The van der Waals surface area contributed by atoms with Crippen LogP contribution < -0.4 is 10.1 Å². The summed E-state index contributed by atoms with van der Waals surface area (Å²) in [6.07, 6.45) is 4.99. The number of nitrogens with one attached hydrogen (secondary N) is 1. The standard InChI is InChI=1S/C15H15N3O2S.C5H5N.Ni/c1-20-13-9-5-6-11(14(13)19)10-16-18-15(21)17-12-7-3-2-4-8-12;1-2-4-6-5-3-1;/h2-10H,1H3,(H3,16,17,18,19,21);1-5H;/q;;+2/p+1. The molecule has 0 radical (unpaired) electrons. The van der Waals surface area contributed by atoms with Crippen LogP contribution in [0, 0.1) is 0 Å². The van der Waals surface area contributed by atoms with Gasteiger partial charge in [0.05, 0.1) is 12.7 Å². The van der Waals surface area contributed by atoms with Gasteiger partial charge >= 0.3 is 22.2 Å². The van der Waals surface area contributed by atoms with Crippen molar-refractivity contribution in [2.24, 2.45) is 5.10 Å². The number of rotatable bonds is 4. The average molecular weight is 440 g/mol. The largest absolute Gasteiger partial charge is 2.00 e.